The number of aliphatic carboxylic acids is 1. The summed E-state index contributed by atoms with van der Waals surface area (Å²) in [5.74, 6) is -1.18. The first-order valence-electron chi connectivity index (χ1n) is 7.56. The molecule has 0 N–H and O–H groups in total. The minimum Gasteiger partial charge on any atom is -0.550 e. The zero-order chi connectivity index (χ0) is 17.8. The van der Waals surface area contributed by atoms with E-state index in [4.69, 9.17) is 19.6 Å². The largest absolute Gasteiger partial charge is 0.550 e. The Morgan fingerprint density at radius 3 is 1.41 bits per heavy atom. The number of carbonyl (C=O) groups excluding carboxylic acids is 1. The third-order valence-electron chi connectivity index (χ3n) is 3.27. The zero-order valence-electron chi connectivity index (χ0n) is 15.3. The molecule has 2 unspecified atom stereocenters. The summed E-state index contributed by atoms with van der Waals surface area (Å²) in [7, 11) is 0. The van der Waals surface area contributed by atoms with Crippen molar-refractivity contribution < 1.29 is 29.5 Å². The lowest BCUT2D eigenvalue weighted by molar-refractivity contribution is -0.419. The van der Waals surface area contributed by atoms with Crippen LogP contribution in [-0.4, -0.2) is 29.4 Å². The van der Waals surface area contributed by atoms with E-state index in [1.165, 1.54) is 0 Å². The number of carbonyl (C=O) groups is 1. The van der Waals surface area contributed by atoms with Gasteiger partial charge in [0.15, 0.2) is 0 Å². The van der Waals surface area contributed by atoms with E-state index in [0.29, 0.717) is 0 Å². The van der Waals surface area contributed by atoms with Crippen LogP contribution in [0.2, 0.25) is 0 Å². The smallest absolute Gasteiger partial charge is 0.0985 e. The molecule has 0 heterocycles. The van der Waals surface area contributed by atoms with Crippen molar-refractivity contribution in [1.29, 1.82) is 0 Å². The second kappa shape index (κ2) is 7.73. The molecule has 132 valence electrons. The van der Waals surface area contributed by atoms with E-state index >= 15 is 0 Å². The molecule has 6 nitrogen and oxygen atoms in total. The van der Waals surface area contributed by atoms with E-state index in [0.717, 1.165) is 0 Å². The normalized spacial score (nSPS) is 18.6. The highest BCUT2D eigenvalue weighted by atomic mass is 17.2. The lowest BCUT2D eigenvalue weighted by atomic mass is 9.77. The minimum absolute atomic E-state index is 0.240. The molecule has 0 aromatic heterocycles. The molecule has 0 aliphatic carbocycles. The fraction of sp³-hybridized carbons (Fsp3) is 0.938. The third-order valence-corrected chi connectivity index (χ3v) is 3.27. The van der Waals surface area contributed by atoms with Crippen LogP contribution in [0.5, 0.6) is 0 Å². The standard InChI is InChI=1S/C16H32O6/c1-11(19-21-14(3,4)5)16(9,10-13(17)18)12(2)20-22-15(6,7)8/h11-12H,10H2,1-9H3,(H,17,18)/p-1. The SMILES string of the molecule is CC(OOC(C)(C)C)C(C)(CC(=O)[O-])C(C)OOC(C)(C)C. The van der Waals surface area contributed by atoms with Crippen molar-refractivity contribution in [2.45, 2.75) is 92.1 Å². The summed E-state index contributed by atoms with van der Waals surface area (Å²) < 4.78 is 0. The highest BCUT2D eigenvalue weighted by Crippen LogP contribution is 2.35. The van der Waals surface area contributed by atoms with Gasteiger partial charge in [0, 0.05) is 11.4 Å². The summed E-state index contributed by atoms with van der Waals surface area (Å²) in [6, 6.07) is 0. The van der Waals surface area contributed by atoms with Crippen molar-refractivity contribution in [1.82, 2.24) is 0 Å². The van der Waals surface area contributed by atoms with Crippen LogP contribution in [0, 0.1) is 5.41 Å². The number of hydrogen-bond donors (Lipinski definition) is 0. The summed E-state index contributed by atoms with van der Waals surface area (Å²) in [5, 5.41) is 11.1. The summed E-state index contributed by atoms with van der Waals surface area (Å²) in [6.07, 6.45) is -1.32. The summed E-state index contributed by atoms with van der Waals surface area (Å²) in [4.78, 5) is 32.5. The van der Waals surface area contributed by atoms with Crippen LogP contribution in [-0.2, 0) is 24.3 Å². The molecule has 0 spiro atoms. The number of carboxylic acids is 1. The lowest BCUT2D eigenvalue weighted by Crippen LogP contribution is -2.48. The Balaban J connectivity index is 5.00. The lowest BCUT2D eigenvalue weighted by Gasteiger charge is -2.40. The zero-order valence-corrected chi connectivity index (χ0v) is 15.3. The van der Waals surface area contributed by atoms with Crippen LogP contribution < -0.4 is 5.11 Å². The predicted molar refractivity (Wildman–Crippen MR) is 80.5 cm³/mol. The molecular formula is C16H31O6-. The van der Waals surface area contributed by atoms with Gasteiger partial charge in [-0.25, -0.2) is 19.6 Å². The fourth-order valence-corrected chi connectivity index (χ4v) is 1.58. The van der Waals surface area contributed by atoms with Crippen LogP contribution >= 0.6 is 0 Å². The molecule has 0 aromatic carbocycles. The van der Waals surface area contributed by atoms with Gasteiger partial charge in [0.2, 0.25) is 0 Å². The Kier molecular flexibility index (Phi) is 7.48. The molecule has 0 radical (unpaired) electrons. The molecule has 2 atom stereocenters. The predicted octanol–water partition coefficient (Wildman–Crippen LogP) is 2.40. The third kappa shape index (κ3) is 8.08. The quantitative estimate of drug-likeness (QED) is 0.505. The maximum Gasteiger partial charge on any atom is 0.0985 e. The molecule has 0 saturated carbocycles. The average Bonchev–Trinajstić information content (AvgIpc) is 2.29. The number of carboxylic acid groups (broad SMARTS) is 1. The van der Waals surface area contributed by atoms with Gasteiger partial charge in [0.25, 0.3) is 0 Å². The van der Waals surface area contributed by atoms with Gasteiger partial charge in [-0.1, -0.05) is 6.92 Å². The number of hydrogen-bond acceptors (Lipinski definition) is 6. The van der Waals surface area contributed by atoms with Crippen LogP contribution in [0.25, 0.3) is 0 Å². The fourth-order valence-electron chi connectivity index (χ4n) is 1.58. The van der Waals surface area contributed by atoms with E-state index in [2.05, 4.69) is 0 Å². The van der Waals surface area contributed by atoms with Gasteiger partial charge < -0.3 is 9.90 Å². The van der Waals surface area contributed by atoms with Gasteiger partial charge >= 0.3 is 0 Å². The van der Waals surface area contributed by atoms with Gasteiger partial charge in [-0.05, 0) is 61.8 Å². The van der Waals surface area contributed by atoms with Gasteiger partial charge in [0.05, 0.1) is 23.4 Å². The molecule has 0 bridgehead atoms. The second-order valence-corrected chi connectivity index (χ2v) is 7.92. The van der Waals surface area contributed by atoms with E-state index in [9.17, 15) is 9.90 Å². The molecule has 0 fully saturated rings. The number of rotatable bonds is 8. The summed E-state index contributed by atoms with van der Waals surface area (Å²) >= 11 is 0. The molecule has 6 heteroatoms. The van der Waals surface area contributed by atoms with Crippen molar-refractivity contribution in [3.05, 3.63) is 0 Å². The summed E-state index contributed by atoms with van der Waals surface area (Å²) in [6.45, 7) is 16.3. The maximum atomic E-state index is 11.1. The molecule has 0 aliphatic rings. The Morgan fingerprint density at radius 2 is 1.18 bits per heavy atom. The first-order valence-corrected chi connectivity index (χ1v) is 7.56. The van der Waals surface area contributed by atoms with Gasteiger partial charge in [-0.3, -0.25) is 0 Å². The van der Waals surface area contributed by atoms with Crippen molar-refractivity contribution in [2.24, 2.45) is 5.41 Å². The Labute approximate surface area is 133 Å². The second-order valence-electron chi connectivity index (χ2n) is 7.92. The first kappa shape index (κ1) is 21.3. The topological polar surface area (TPSA) is 77.1 Å². The Hall–Kier alpha value is -0.690. The monoisotopic (exact) mass is 319 g/mol. The van der Waals surface area contributed by atoms with Crippen LogP contribution in [0.3, 0.4) is 0 Å². The summed E-state index contributed by atoms with van der Waals surface area (Å²) in [5.41, 5.74) is -1.87. The Morgan fingerprint density at radius 1 is 0.864 bits per heavy atom. The van der Waals surface area contributed by atoms with Crippen molar-refractivity contribution >= 4 is 5.97 Å². The first-order chi connectivity index (χ1) is 9.67. The highest BCUT2D eigenvalue weighted by Gasteiger charge is 2.41. The average molecular weight is 319 g/mol. The van der Waals surface area contributed by atoms with Gasteiger partial charge in [0.1, 0.15) is 0 Å². The molecule has 0 aromatic rings. The minimum atomic E-state index is -1.18. The van der Waals surface area contributed by atoms with Crippen LogP contribution in [0.1, 0.15) is 68.7 Å². The van der Waals surface area contributed by atoms with E-state index in [1.807, 2.05) is 41.5 Å². The molecule has 0 amide bonds. The van der Waals surface area contributed by atoms with Crippen LogP contribution in [0.4, 0.5) is 0 Å². The molecule has 22 heavy (non-hydrogen) atoms. The Bertz CT molecular complexity index is 329. The van der Waals surface area contributed by atoms with Crippen LogP contribution in [0.15, 0.2) is 0 Å². The van der Waals surface area contributed by atoms with E-state index in [1.54, 1.807) is 20.8 Å². The highest BCUT2D eigenvalue weighted by molar-refractivity contribution is 5.65. The molecule has 0 saturated heterocycles. The maximum absolute atomic E-state index is 11.1. The van der Waals surface area contributed by atoms with Gasteiger partial charge in [-0.2, -0.15) is 0 Å². The van der Waals surface area contributed by atoms with Gasteiger partial charge in [-0.15, -0.1) is 0 Å². The van der Waals surface area contributed by atoms with Crippen molar-refractivity contribution in [3.63, 3.8) is 0 Å². The molecule has 0 aliphatic heterocycles. The van der Waals surface area contributed by atoms with E-state index in [-0.39, 0.29) is 6.42 Å². The van der Waals surface area contributed by atoms with Crippen molar-refractivity contribution in [3.8, 4) is 0 Å². The molecule has 0 rings (SSSR count). The van der Waals surface area contributed by atoms with Crippen molar-refractivity contribution in [2.75, 3.05) is 0 Å². The van der Waals surface area contributed by atoms with E-state index < -0.39 is 34.8 Å². The molecular weight excluding hydrogens is 288 g/mol.